The Morgan fingerprint density at radius 3 is 2.60 bits per heavy atom. The summed E-state index contributed by atoms with van der Waals surface area (Å²) in [6.45, 7) is 0.106. The molecule has 20 heavy (non-hydrogen) atoms. The molecule has 0 aliphatic rings. The molecule has 0 aliphatic heterocycles. The highest BCUT2D eigenvalue weighted by Crippen LogP contribution is 2.28. The first kappa shape index (κ1) is 15.1. The first-order valence-electron chi connectivity index (χ1n) is 5.72. The maximum atomic E-state index is 12.0. The van der Waals surface area contributed by atoms with Gasteiger partial charge in [-0.2, -0.15) is 11.3 Å². The smallest absolute Gasteiger partial charge is 0.251 e. The van der Waals surface area contributed by atoms with Gasteiger partial charge in [0.2, 0.25) is 0 Å². The molecule has 1 amide bonds. The molecule has 0 saturated heterocycles. The number of nitrogens with one attached hydrogen (secondary N) is 1. The van der Waals surface area contributed by atoms with Gasteiger partial charge in [0.05, 0.1) is 21.8 Å². The summed E-state index contributed by atoms with van der Waals surface area (Å²) in [7, 11) is 0. The fraction of sp³-hybridized carbons (Fsp3) is 0.154. The van der Waals surface area contributed by atoms with E-state index in [1.807, 2.05) is 10.8 Å². The minimum atomic E-state index is -0.745. The molecular weight excluding hydrogens is 319 g/mol. The van der Waals surface area contributed by atoms with Crippen molar-refractivity contribution in [2.45, 2.75) is 6.10 Å². The summed E-state index contributed by atoms with van der Waals surface area (Å²) in [5.74, 6) is -0.372. The lowest BCUT2D eigenvalue weighted by atomic mass is 10.1. The van der Waals surface area contributed by atoms with Crippen LogP contribution < -0.4 is 11.1 Å². The van der Waals surface area contributed by atoms with E-state index in [9.17, 15) is 9.90 Å². The topological polar surface area (TPSA) is 75.4 Å². The molecule has 4 N–H and O–H groups in total. The van der Waals surface area contributed by atoms with Crippen molar-refractivity contribution in [3.05, 3.63) is 50.1 Å². The van der Waals surface area contributed by atoms with E-state index in [0.29, 0.717) is 5.56 Å². The maximum Gasteiger partial charge on any atom is 0.251 e. The molecule has 0 radical (unpaired) electrons. The molecule has 1 aromatic carbocycles. The molecule has 0 fully saturated rings. The summed E-state index contributed by atoms with van der Waals surface area (Å²) < 4.78 is 0. The lowest BCUT2D eigenvalue weighted by Gasteiger charge is -2.11. The first-order chi connectivity index (χ1) is 9.49. The molecular formula is C13H12Cl2N2O2S. The van der Waals surface area contributed by atoms with Crippen molar-refractivity contribution in [3.63, 3.8) is 0 Å². The highest BCUT2D eigenvalue weighted by Gasteiger charge is 2.13. The van der Waals surface area contributed by atoms with Crippen LogP contribution in [0.3, 0.4) is 0 Å². The molecule has 106 valence electrons. The Labute approximate surface area is 130 Å². The molecule has 1 aromatic heterocycles. The summed E-state index contributed by atoms with van der Waals surface area (Å²) in [5.41, 5.74) is 6.91. The van der Waals surface area contributed by atoms with E-state index in [1.165, 1.54) is 23.5 Å². The third-order valence-electron chi connectivity index (χ3n) is 2.73. The van der Waals surface area contributed by atoms with Crippen molar-refractivity contribution in [3.8, 4) is 0 Å². The van der Waals surface area contributed by atoms with Crippen LogP contribution in [-0.2, 0) is 0 Å². The summed E-state index contributed by atoms with van der Waals surface area (Å²) in [5, 5.41) is 16.6. The van der Waals surface area contributed by atoms with Crippen LogP contribution in [0.15, 0.2) is 29.0 Å². The van der Waals surface area contributed by atoms with Gasteiger partial charge in [0.1, 0.15) is 0 Å². The number of carbonyl (C=O) groups excluding carboxylic acids is 1. The van der Waals surface area contributed by atoms with E-state index in [0.717, 1.165) is 5.56 Å². The van der Waals surface area contributed by atoms with Crippen LogP contribution in [0.2, 0.25) is 10.0 Å². The highest BCUT2D eigenvalue weighted by molar-refractivity contribution is 7.07. The van der Waals surface area contributed by atoms with Crippen LogP contribution in [0.1, 0.15) is 22.0 Å². The van der Waals surface area contributed by atoms with Crippen molar-refractivity contribution in [1.82, 2.24) is 5.32 Å². The molecule has 0 saturated carbocycles. The monoisotopic (exact) mass is 330 g/mol. The number of aliphatic hydroxyl groups excluding tert-OH is 1. The molecule has 1 atom stereocenters. The number of hydrogen-bond acceptors (Lipinski definition) is 4. The molecule has 0 spiro atoms. The van der Waals surface area contributed by atoms with E-state index in [4.69, 9.17) is 28.9 Å². The lowest BCUT2D eigenvalue weighted by molar-refractivity contribution is 0.0916. The molecule has 2 rings (SSSR count). The number of halogens is 2. The molecule has 7 heteroatoms. The van der Waals surface area contributed by atoms with E-state index >= 15 is 0 Å². The average Bonchev–Trinajstić information content (AvgIpc) is 2.95. The standard InChI is InChI=1S/C13H12Cl2N2O2S/c14-9-3-8(4-10(15)12(9)16)13(19)17-5-11(18)7-1-2-20-6-7/h1-4,6,11,18H,5,16H2,(H,17,19). The van der Waals surface area contributed by atoms with Gasteiger partial charge in [0.25, 0.3) is 5.91 Å². The first-order valence-corrected chi connectivity index (χ1v) is 7.41. The normalized spacial score (nSPS) is 12.2. The molecule has 4 nitrogen and oxygen atoms in total. The second-order valence-corrected chi connectivity index (χ2v) is 5.73. The van der Waals surface area contributed by atoms with Crippen LogP contribution in [0, 0.1) is 0 Å². The van der Waals surface area contributed by atoms with Gasteiger partial charge in [0.15, 0.2) is 0 Å². The Bertz CT molecular complexity index is 594. The summed E-state index contributed by atoms with van der Waals surface area (Å²) >= 11 is 13.2. The van der Waals surface area contributed by atoms with Gasteiger partial charge in [-0.1, -0.05) is 23.2 Å². The number of hydrogen-bond donors (Lipinski definition) is 3. The third-order valence-corrected chi connectivity index (χ3v) is 4.05. The number of nitrogens with two attached hydrogens (primary N) is 1. The zero-order valence-electron chi connectivity index (χ0n) is 10.3. The predicted molar refractivity (Wildman–Crippen MR) is 82.5 cm³/mol. The Morgan fingerprint density at radius 2 is 2.05 bits per heavy atom. The van der Waals surface area contributed by atoms with E-state index in [-0.39, 0.29) is 28.2 Å². The quantitative estimate of drug-likeness (QED) is 0.754. The number of amides is 1. The number of anilines is 1. The fourth-order valence-electron chi connectivity index (χ4n) is 1.59. The SMILES string of the molecule is Nc1c(Cl)cc(C(=O)NCC(O)c2ccsc2)cc1Cl. The largest absolute Gasteiger partial charge is 0.396 e. The van der Waals surface area contributed by atoms with Crippen LogP contribution in [0.4, 0.5) is 5.69 Å². The van der Waals surface area contributed by atoms with Crippen LogP contribution in [-0.4, -0.2) is 17.6 Å². The molecule has 0 bridgehead atoms. The third kappa shape index (κ3) is 3.43. The van der Waals surface area contributed by atoms with Gasteiger partial charge >= 0.3 is 0 Å². The summed E-state index contributed by atoms with van der Waals surface area (Å²) in [6.07, 6.45) is -0.745. The van der Waals surface area contributed by atoms with Gasteiger partial charge in [0, 0.05) is 12.1 Å². The number of carbonyl (C=O) groups is 1. The minimum absolute atomic E-state index is 0.106. The second kappa shape index (κ2) is 6.45. The number of nitrogen functional groups attached to an aromatic ring is 1. The minimum Gasteiger partial charge on any atom is -0.396 e. The Morgan fingerprint density at radius 1 is 1.40 bits per heavy atom. The summed E-state index contributed by atoms with van der Waals surface area (Å²) in [6, 6.07) is 4.68. The zero-order valence-corrected chi connectivity index (χ0v) is 12.6. The van der Waals surface area contributed by atoms with E-state index in [1.54, 1.807) is 6.07 Å². The molecule has 1 heterocycles. The van der Waals surface area contributed by atoms with Gasteiger partial charge < -0.3 is 16.2 Å². The highest BCUT2D eigenvalue weighted by atomic mass is 35.5. The van der Waals surface area contributed by atoms with Crippen molar-refractivity contribution in [2.24, 2.45) is 0 Å². The van der Waals surface area contributed by atoms with Crippen LogP contribution >= 0.6 is 34.5 Å². The van der Waals surface area contributed by atoms with Crippen LogP contribution in [0.25, 0.3) is 0 Å². The average molecular weight is 331 g/mol. The Hall–Kier alpha value is -1.27. The van der Waals surface area contributed by atoms with Gasteiger partial charge in [-0.15, -0.1) is 0 Å². The Balaban J connectivity index is 2.02. The maximum absolute atomic E-state index is 12.0. The second-order valence-electron chi connectivity index (χ2n) is 4.14. The van der Waals surface area contributed by atoms with Gasteiger partial charge in [-0.3, -0.25) is 4.79 Å². The lowest BCUT2D eigenvalue weighted by Crippen LogP contribution is -2.28. The number of aliphatic hydroxyl groups is 1. The number of thiophene rings is 1. The van der Waals surface area contributed by atoms with E-state index in [2.05, 4.69) is 5.32 Å². The Kier molecular flexibility index (Phi) is 4.88. The molecule has 2 aromatic rings. The van der Waals surface area contributed by atoms with Gasteiger partial charge in [-0.25, -0.2) is 0 Å². The predicted octanol–water partition coefficient (Wildman–Crippen LogP) is 3.10. The van der Waals surface area contributed by atoms with Crippen molar-refractivity contribution >= 4 is 46.1 Å². The summed E-state index contributed by atoms with van der Waals surface area (Å²) in [4.78, 5) is 12.0. The number of rotatable bonds is 4. The van der Waals surface area contributed by atoms with Crippen LogP contribution in [0.5, 0.6) is 0 Å². The van der Waals surface area contributed by atoms with Gasteiger partial charge in [-0.05, 0) is 34.5 Å². The van der Waals surface area contributed by atoms with Crippen molar-refractivity contribution in [1.29, 1.82) is 0 Å². The van der Waals surface area contributed by atoms with E-state index < -0.39 is 6.10 Å². The number of benzene rings is 1. The molecule has 1 unspecified atom stereocenters. The zero-order chi connectivity index (χ0) is 14.7. The van der Waals surface area contributed by atoms with Crippen molar-refractivity contribution in [2.75, 3.05) is 12.3 Å². The fourth-order valence-corrected chi connectivity index (χ4v) is 2.78. The van der Waals surface area contributed by atoms with Crippen molar-refractivity contribution < 1.29 is 9.90 Å². The molecule has 0 aliphatic carbocycles.